The van der Waals surface area contributed by atoms with Crippen LogP contribution < -0.4 is 0 Å². The van der Waals surface area contributed by atoms with Crippen molar-refractivity contribution in [3.05, 3.63) is 53.7 Å². The highest BCUT2D eigenvalue weighted by Crippen LogP contribution is 2.35. The lowest BCUT2D eigenvalue weighted by atomic mass is 9.79. The maximum Gasteiger partial charge on any atom is 0.204 e. The molecule has 1 heterocycles. The van der Waals surface area contributed by atoms with E-state index in [0.717, 1.165) is 5.89 Å². The second-order valence-electron chi connectivity index (χ2n) is 5.20. The highest BCUT2D eigenvalue weighted by molar-refractivity contribution is 5.39. The molecule has 17 heavy (non-hydrogen) atoms. The minimum atomic E-state index is -0.190. The first-order valence-electron chi connectivity index (χ1n) is 6.03. The van der Waals surface area contributed by atoms with Gasteiger partial charge in [-0.2, -0.15) is 0 Å². The Kier molecular flexibility index (Phi) is 3.05. The van der Waals surface area contributed by atoms with Gasteiger partial charge in [0.2, 0.25) is 5.89 Å². The quantitative estimate of drug-likeness (QED) is 0.791. The summed E-state index contributed by atoms with van der Waals surface area (Å²) in [7, 11) is 0. The number of aromatic nitrogens is 1. The Morgan fingerprint density at radius 2 is 1.88 bits per heavy atom. The first-order valence-corrected chi connectivity index (χ1v) is 6.03. The van der Waals surface area contributed by atoms with Crippen molar-refractivity contribution in [1.29, 1.82) is 0 Å². The lowest BCUT2D eigenvalue weighted by molar-refractivity contribution is 0.410. The van der Waals surface area contributed by atoms with Gasteiger partial charge < -0.3 is 4.42 Å². The van der Waals surface area contributed by atoms with Gasteiger partial charge in [-0.25, -0.2) is 4.98 Å². The van der Waals surface area contributed by atoms with Crippen LogP contribution in [0.5, 0.6) is 0 Å². The molecule has 0 spiro atoms. The third-order valence-electron chi connectivity index (χ3n) is 3.22. The maximum atomic E-state index is 5.48. The van der Waals surface area contributed by atoms with E-state index in [0.29, 0.717) is 5.92 Å². The van der Waals surface area contributed by atoms with Crippen molar-refractivity contribution in [2.24, 2.45) is 0 Å². The van der Waals surface area contributed by atoms with Gasteiger partial charge >= 0.3 is 0 Å². The zero-order valence-electron chi connectivity index (χ0n) is 10.9. The van der Waals surface area contributed by atoms with Crippen LogP contribution in [0.4, 0.5) is 0 Å². The predicted octanol–water partition coefficient (Wildman–Crippen LogP) is 4.12. The van der Waals surface area contributed by atoms with Crippen LogP contribution in [-0.2, 0) is 5.41 Å². The minimum Gasteiger partial charge on any atom is -0.448 e. The second-order valence-corrected chi connectivity index (χ2v) is 5.20. The van der Waals surface area contributed by atoms with Crippen LogP contribution >= 0.6 is 0 Å². The van der Waals surface area contributed by atoms with E-state index in [-0.39, 0.29) is 5.41 Å². The van der Waals surface area contributed by atoms with E-state index in [1.54, 1.807) is 12.5 Å². The predicted molar refractivity (Wildman–Crippen MR) is 69.2 cm³/mol. The molecule has 2 aromatic rings. The summed E-state index contributed by atoms with van der Waals surface area (Å²) in [6, 6.07) is 8.51. The highest BCUT2D eigenvalue weighted by Gasteiger charge is 2.30. The van der Waals surface area contributed by atoms with Gasteiger partial charge in [-0.1, -0.05) is 38.1 Å². The molecular weight excluding hydrogens is 210 g/mol. The van der Waals surface area contributed by atoms with Crippen LogP contribution in [0.3, 0.4) is 0 Å². The largest absolute Gasteiger partial charge is 0.448 e. The van der Waals surface area contributed by atoms with Gasteiger partial charge in [0.05, 0.1) is 11.6 Å². The third kappa shape index (κ3) is 2.12. The molecule has 2 heteroatoms. The molecule has 90 valence electrons. The van der Waals surface area contributed by atoms with Crippen LogP contribution in [-0.4, -0.2) is 4.98 Å². The Morgan fingerprint density at radius 3 is 2.47 bits per heavy atom. The van der Waals surface area contributed by atoms with Crippen LogP contribution in [0.1, 0.15) is 50.6 Å². The van der Waals surface area contributed by atoms with Crippen molar-refractivity contribution >= 4 is 0 Å². The molecule has 0 fully saturated rings. The van der Waals surface area contributed by atoms with Gasteiger partial charge in [-0.3, -0.25) is 0 Å². The first-order chi connectivity index (χ1) is 8.03. The zero-order valence-corrected chi connectivity index (χ0v) is 10.9. The second kappa shape index (κ2) is 4.36. The van der Waals surface area contributed by atoms with Crippen molar-refractivity contribution in [3.63, 3.8) is 0 Å². The van der Waals surface area contributed by atoms with E-state index in [1.807, 2.05) is 0 Å². The minimum absolute atomic E-state index is 0.190. The Morgan fingerprint density at radius 1 is 1.18 bits per heavy atom. The van der Waals surface area contributed by atoms with Gasteiger partial charge in [0.25, 0.3) is 0 Å². The van der Waals surface area contributed by atoms with Gasteiger partial charge in [0, 0.05) is 0 Å². The topological polar surface area (TPSA) is 26.0 Å². The number of rotatable bonds is 3. The summed E-state index contributed by atoms with van der Waals surface area (Å²) < 4.78 is 5.48. The zero-order chi connectivity index (χ0) is 12.5. The molecule has 0 atom stereocenters. The Labute approximate surface area is 103 Å². The fraction of sp³-hybridized carbons (Fsp3) is 0.400. The number of nitrogens with zero attached hydrogens (tertiary/aromatic N) is 1. The average molecular weight is 229 g/mol. The average Bonchev–Trinajstić information content (AvgIpc) is 2.83. The van der Waals surface area contributed by atoms with Gasteiger partial charge in [-0.05, 0) is 30.9 Å². The maximum absolute atomic E-state index is 5.48. The monoisotopic (exact) mass is 229 g/mol. The van der Waals surface area contributed by atoms with Crippen LogP contribution in [0.2, 0.25) is 0 Å². The van der Waals surface area contributed by atoms with E-state index < -0.39 is 0 Å². The van der Waals surface area contributed by atoms with Crippen molar-refractivity contribution in [2.45, 2.75) is 39.0 Å². The molecule has 0 saturated carbocycles. The molecular formula is C15H19NO. The lowest BCUT2D eigenvalue weighted by Crippen LogP contribution is -2.21. The summed E-state index contributed by atoms with van der Waals surface area (Å²) in [5.74, 6) is 1.27. The Bertz CT molecular complexity index is 483. The number of oxazole rings is 1. The molecule has 0 aliphatic carbocycles. The van der Waals surface area contributed by atoms with E-state index in [4.69, 9.17) is 4.42 Å². The van der Waals surface area contributed by atoms with Crippen molar-refractivity contribution in [3.8, 4) is 0 Å². The van der Waals surface area contributed by atoms with Crippen molar-refractivity contribution < 1.29 is 4.42 Å². The molecule has 2 nitrogen and oxygen atoms in total. The summed E-state index contributed by atoms with van der Waals surface area (Å²) in [5.41, 5.74) is 2.46. The summed E-state index contributed by atoms with van der Waals surface area (Å²) in [6.07, 6.45) is 3.34. The molecule has 2 rings (SSSR count). The summed E-state index contributed by atoms with van der Waals surface area (Å²) in [5, 5.41) is 0. The fourth-order valence-corrected chi connectivity index (χ4v) is 2.22. The van der Waals surface area contributed by atoms with Gasteiger partial charge in [0.1, 0.15) is 6.26 Å². The first kappa shape index (κ1) is 11.9. The molecule has 0 N–H and O–H groups in total. The fourth-order valence-electron chi connectivity index (χ4n) is 2.22. The van der Waals surface area contributed by atoms with Crippen molar-refractivity contribution in [2.75, 3.05) is 0 Å². The molecule has 0 amide bonds. The van der Waals surface area contributed by atoms with Crippen LogP contribution in [0.15, 0.2) is 41.1 Å². The van der Waals surface area contributed by atoms with E-state index in [9.17, 15) is 0 Å². The molecule has 0 bridgehead atoms. The van der Waals surface area contributed by atoms with Crippen LogP contribution in [0.25, 0.3) is 0 Å². The molecule has 1 aromatic carbocycles. The summed E-state index contributed by atoms with van der Waals surface area (Å²) in [4.78, 5) is 4.30. The standard InChI is InChI=1S/C15H19NO/c1-11(2)12-7-5-6-8-13(12)15(3,4)14-16-9-10-17-14/h5-11H,1-4H3. The Balaban J connectivity index is 2.53. The third-order valence-corrected chi connectivity index (χ3v) is 3.22. The summed E-state index contributed by atoms with van der Waals surface area (Å²) in [6.45, 7) is 8.73. The van der Waals surface area contributed by atoms with E-state index in [1.165, 1.54) is 11.1 Å². The normalized spacial score (nSPS) is 12.1. The molecule has 0 saturated heterocycles. The smallest absolute Gasteiger partial charge is 0.204 e. The number of benzene rings is 1. The SMILES string of the molecule is CC(C)c1ccccc1C(C)(C)c1ncco1. The summed E-state index contributed by atoms with van der Waals surface area (Å²) >= 11 is 0. The van der Waals surface area contributed by atoms with Gasteiger partial charge in [-0.15, -0.1) is 0 Å². The number of hydrogen-bond acceptors (Lipinski definition) is 2. The molecule has 0 unspecified atom stereocenters. The molecule has 0 aliphatic rings. The molecule has 0 aliphatic heterocycles. The van der Waals surface area contributed by atoms with Crippen LogP contribution in [0, 0.1) is 0 Å². The van der Waals surface area contributed by atoms with E-state index >= 15 is 0 Å². The highest BCUT2D eigenvalue weighted by atomic mass is 16.3. The van der Waals surface area contributed by atoms with E-state index in [2.05, 4.69) is 56.9 Å². The molecule has 0 radical (unpaired) electrons. The lowest BCUT2D eigenvalue weighted by Gasteiger charge is -2.26. The molecule has 1 aromatic heterocycles. The Hall–Kier alpha value is -1.57. The number of hydrogen-bond donors (Lipinski definition) is 0. The van der Waals surface area contributed by atoms with Crippen molar-refractivity contribution in [1.82, 2.24) is 4.98 Å². The van der Waals surface area contributed by atoms with Gasteiger partial charge in [0.15, 0.2) is 0 Å².